The van der Waals surface area contributed by atoms with Gasteiger partial charge in [-0.2, -0.15) is 0 Å². The molecule has 0 saturated carbocycles. The summed E-state index contributed by atoms with van der Waals surface area (Å²) in [6, 6.07) is 7.78. The van der Waals surface area contributed by atoms with E-state index in [1.54, 1.807) is 6.20 Å². The number of para-hydroxylation sites is 1. The van der Waals surface area contributed by atoms with E-state index in [-0.39, 0.29) is 5.91 Å². The second kappa shape index (κ2) is 7.31. The summed E-state index contributed by atoms with van der Waals surface area (Å²) in [4.78, 5) is 22.2. The Balaban J connectivity index is 1.66. The van der Waals surface area contributed by atoms with Crippen LogP contribution in [0.2, 0.25) is 0 Å². The third-order valence-electron chi connectivity index (χ3n) is 4.29. The SMILES string of the molecule is CCOc1ccccc1CC(=O)N1CCC[C@@H](c2ncc[nH]2)C1. The number of hydrogen-bond acceptors (Lipinski definition) is 3. The molecular weight excluding hydrogens is 290 g/mol. The van der Waals surface area contributed by atoms with E-state index in [0.29, 0.717) is 18.9 Å². The number of nitrogens with one attached hydrogen (secondary N) is 1. The van der Waals surface area contributed by atoms with Crippen LogP contribution in [0, 0.1) is 0 Å². The normalized spacial score (nSPS) is 18.0. The number of benzene rings is 1. The van der Waals surface area contributed by atoms with Crippen molar-refractivity contribution in [2.45, 2.75) is 32.1 Å². The highest BCUT2D eigenvalue weighted by molar-refractivity contribution is 5.79. The largest absolute Gasteiger partial charge is 0.494 e. The van der Waals surface area contributed by atoms with Crippen LogP contribution in [-0.2, 0) is 11.2 Å². The Morgan fingerprint density at radius 1 is 1.43 bits per heavy atom. The number of piperidine rings is 1. The van der Waals surface area contributed by atoms with E-state index in [0.717, 1.165) is 43.1 Å². The number of amides is 1. The molecule has 1 aliphatic heterocycles. The first-order chi connectivity index (χ1) is 11.3. The van der Waals surface area contributed by atoms with Crippen molar-refractivity contribution in [1.29, 1.82) is 0 Å². The molecule has 1 saturated heterocycles. The number of aromatic nitrogens is 2. The lowest BCUT2D eigenvalue weighted by Crippen LogP contribution is -2.40. The fourth-order valence-electron chi connectivity index (χ4n) is 3.15. The van der Waals surface area contributed by atoms with E-state index in [2.05, 4.69) is 9.97 Å². The molecule has 1 N–H and O–H groups in total. The van der Waals surface area contributed by atoms with Gasteiger partial charge in [0.15, 0.2) is 0 Å². The van der Waals surface area contributed by atoms with Gasteiger partial charge in [0, 0.05) is 37.0 Å². The molecule has 122 valence electrons. The first-order valence-electron chi connectivity index (χ1n) is 8.25. The highest BCUT2D eigenvalue weighted by atomic mass is 16.5. The first-order valence-corrected chi connectivity index (χ1v) is 8.25. The molecular formula is C18H23N3O2. The van der Waals surface area contributed by atoms with Gasteiger partial charge >= 0.3 is 0 Å². The molecule has 1 aliphatic rings. The van der Waals surface area contributed by atoms with Gasteiger partial charge in [0.05, 0.1) is 13.0 Å². The number of carbonyl (C=O) groups is 1. The number of carbonyl (C=O) groups excluding carboxylic acids is 1. The van der Waals surface area contributed by atoms with Crippen molar-refractivity contribution in [2.75, 3.05) is 19.7 Å². The van der Waals surface area contributed by atoms with Crippen LogP contribution < -0.4 is 4.74 Å². The smallest absolute Gasteiger partial charge is 0.227 e. The average molecular weight is 313 g/mol. The lowest BCUT2D eigenvalue weighted by Gasteiger charge is -2.32. The van der Waals surface area contributed by atoms with Crippen LogP contribution in [0.1, 0.15) is 37.1 Å². The maximum atomic E-state index is 12.7. The second-order valence-electron chi connectivity index (χ2n) is 5.87. The third kappa shape index (κ3) is 3.73. The molecule has 0 aliphatic carbocycles. The summed E-state index contributed by atoms with van der Waals surface area (Å²) in [6.45, 7) is 4.13. The Morgan fingerprint density at radius 2 is 2.30 bits per heavy atom. The maximum absolute atomic E-state index is 12.7. The maximum Gasteiger partial charge on any atom is 0.227 e. The molecule has 1 fully saturated rings. The van der Waals surface area contributed by atoms with Crippen LogP contribution in [-0.4, -0.2) is 40.5 Å². The molecule has 5 heteroatoms. The highest BCUT2D eigenvalue weighted by Gasteiger charge is 2.26. The monoisotopic (exact) mass is 313 g/mol. The Labute approximate surface area is 136 Å². The minimum absolute atomic E-state index is 0.161. The molecule has 1 aromatic carbocycles. The van der Waals surface area contributed by atoms with Gasteiger partial charge in [-0.05, 0) is 25.8 Å². The summed E-state index contributed by atoms with van der Waals surface area (Å²) < 4.78 is 5.62. The number of rotatable bonds is 5. The van der Waals surface area contributed by atoms with Gasteiger partial charge in [-0.25, -0.2) is 4.98 Å². The van der Waals surface area contributed by atoms with Crippen LogP contribution >= 0.6 is 0 Å². The van der Waals surface area contributed by atoms with Gasteiger partial charge in [-0.1, -0.05) is 18.2 Å². The number of nitrogens with zero attached hydrogens (tertiary/aromatic N) is 2. The fourth-order valence-corrected chi connectivity index (χ4v) is 3.15. The summed E-state index contributed by atoms with van der Waals surface area (Å²) in [5, 5.41) is 0. The molecule has 0 spiro atoms. The molecule has 0 unspecified atom stereocenters. The van der Waals surface area contributed by atoms with Gasteiger partial charge in [0.1, 0.15) is 11.6 Å². The minimum Gasteiger partial charge on any atom is -0.494 e. The van der Waals surface area contributed by atoms with Crippen molar-refractivity contribution >= 4 is 5.91 Å². The Hall–Kier alpha value is -2.30. The number of ether oxygens (including phenoxy) is 1. The zero-order chi connectivity index (χ0) is 16.1. The second-order valence-corrected chi connectivity index (χ2v) is 5.87. The van der Waals surface area contributed by atoms with E-state index in [4.69, 9.17) is 4.74 Å². The van der Waals surface area contributed by atoms with E-state index in [1.165, 1.54) is 0 Å². The van der Waals surface area contributed by atoms with Crippen molar-refractivity contribution < 1.29 is 9.53 Å². The Bertz CT molecular complexity index is 639. The van der Waals surface area contributed by atoms with Gasteiger partial charge in [-0.3, -0.25) is 4.79 Å². The number of hydrogen-bond donors (Lipinski definition) is 1. The van der Waals surface area contributed by atoms with Crippen molar-refractivity contribution in [3.05, 3.63) is 48.0 Å². The van der Waals surface area contributed by atoms with Crippen LogP contribution in [0.3, 0.4) is 0 Å². The Morgan fingerprint density at radius 3 is 3.09 bits per heavy atom. The molecule has 5 nitrogen and oxygen atoms in total. The van der Waals surface area contributed by atoms with Crippen LogP contribution in [0.5, 0.6) is 5.75 Å². The molecule has 0 bridgehead atoms. The topological polar surface area (TPSA) is 58.2 Å². The zero-order valence-corrected chi connectivity index (χ0v) is 13.5. The summed E-state index contributed by atoms with van der Waals surface area (Å²) in [7, 11) is 0. The van der Waals surface area contributed by atoms with Gasteiger partial charge in [-0.15, -0.1) is 0 Å². The summed E-state index contributed by atoms with van der Waals surface area (Å²) in [5.74, 6) is 2.26. The number of H-pyrrole nitrogens is 1. The predicted molar refractivity (Wildman–Crippen MR) is 88.5 cm³/mol. The molecule has 1 aromatic heterocycles. The first kappa shape index (κ1) is 15.6. The molecule has 23 heavy (non-hydrogen) atoms. The zero-order valence-electron chi connectivity index (χ0n) is 13.5. The van der Waals surface area contributed by atoms with Gasteiger partial charge in [0.2, 0.25) is 5.91 Å². The number of imidazole rings is 1. The number of likely N-dealkylation sites (tertiary alicyclic amines) is 1. The van der Waals surface area contributed by atoms with Crippen molar-refractivity contribution in [3.8, 4) is 5.75 Å². The molecule has 2 aromatic rings. The average Bonchev–Trinajstić information content (AvgIpc) is 3.11. The van der Waals surface area contributed by atoms with Gasteiger partial charge < -0.3 is 14.6 Å². The van der Waals surface area contributed by atoms with Crippen LogP contribution in [0.4, 0.5) is 0 Å². The molecule has 1 amide bonds. The van der Waals surface area contributed by atoms with Crippen molar-refractivity contribution in [2.24, 2.45) is 0 Å². The fraction of sp³-hybridized carbons (Fsp3) is 0.444. The molecule has 2 heterocycles. The van der Waals surface area contributed by atoms with E-state index in [9.17, 15) is 4.79 Å². The van der Waals surface area contributed by atoms with Crippen LogP contribution in [0.25, 0.3) is 0 Å². The standard InChI is InChI=1S/C18H23N3O2/c1-2-23-16-8-4-3-6-14(16)12-17(22)21-11-5-7-15(13-21)18-19-9-10-20-18/h3-4,6,8-10,15H,2,5,7,11-13H2,1H3,(H,19,20)/t15-/m1/s1. The molecule has 0 radical (unpaired) electrons. The lowest BCUT2D eigenvalue weighted by atomic mass is 9.96. The number of aromatic amines is 1. The lowest BCUT2D eigenvalue weighted by molar-refractivity contribution is -0.131. The quantitative estimate of drug-likeness (QED) is 0.923. The van der Waals surface area contributed by atoms with E-state index in [1.807, 2.05) is 42.3 Å². The van der Waals surface area contributed by atoms with Crippen LogP contribution in [0.15, 0.2) is 36.7 Å². The third-order valence-corrected chi connectivity index (χ3v) is 4.29. The predicted octanol–water partition coefficient (Wildman–Crippen LogP) is 2.76. The van der Waals surface area contributed by atoms with Gasteiger partial charge in [0.25, 0.3) is 0 Å². The molecule has 3 rings (SSSR count). The summed E-state index contributed by atoms with van der Waals surface area (Å²) in [6.07, 6.45) is 6.10. The van der Waals surface area contributed by atoms with E-state index < -0.39 is 0 Å². The summed E-state index contributed by atoms with van der Waals surface area (Å²) in [5.41, 5.74) is 0.958. The Kier molecular flexibility index (Phi) is 4.95. The van der Waals surface area contributed by atoms with Crippen molar-refractivity contribution in [1.82, 2.24) is 14.9 Å². The highest BCUT2D eigenvalue weighted by Crippen LogP contribution is 2.26. The molecule has 1 atom stereocenters. The van der Waals surface area contributed by atoms with E-state index >= 15 is 0 Å². The minimum atomic E-state index is 0.161. The van der Waals surface area contributed by atoms with Crippen molar-refractivity contribution in [3.63, 3.8) is 0 Å². The summed E-state index contributed by atoms with van der Waals surface area (Å²) >= 11 is 0.